The molecule has 31 heavy (non-hydrogen) atoms. The fourth-order valence-corrected chi connectivity index (χ4v) is 3.33. The van der Waals surface area contributed by atoms with Gasteiger partial charge in [-0.1, -0.05) is 60.7 Å². The molecule has 0 aliphatic rings. The van der Waals surface area contributed by atoms with Crippen LogP contribution in [0, 0.1) is 0 Å². The summed E-state index contributed by atoms with van der Waals surface area (Å²) in [6.07, 6.45) is 3.27. The van der Waals surface area contributed by atoms with Gasteiger partial charge in [0, 0.05) is 11.8 Å². The quantitative estimate of drug-likeness (QED) is 0.298. The van der Waals surface area contributed by atoms with Crippen LogP contribution in [0.25, 0.3) is 16.8 Å². The lowest BCUT2D eigenvalue weighted by molar-refractivity contribution is -0.115. The molecule has 0 saturated heterocycles. The van der Waals surface area contributed by atoms with E-state index in [1.165, 1.54) is 6.08 Å². The third-order valence-electron chi connectivity index (χ3n) is 4.57. The number of hydrogen-bond donors (Lipinski definition) is 2. The zero-order valence-corrected chi connectivity index (χ0v) is 17.4. The van der Waals surface area contributed by atoms with Crippen LogP contribution in [0.3, 0.4) is 0 Å². The molecule has 4 nitrogen and oxygen atoms in total. The van der Waals surface area contributed by atoms with Crippen LogP contribution < -0.4 is 15.4 Å². The summed E-state index contributed by atoms with van der Waals surface area (Å²) in [5, 5.41) is 8.11. The highest BCUT2D eigenvalue weighted by Gasteiger charge is 2.04. The average Bonchev–Trinajstić information content (AvgIpc) is 2.79. The molecule has 0 radical (unpaired) electrons. The second-order valence-electron chi connectivity index (χ2n) is 6.78. The van der Waals surface area contributed by atoms with Crippen LogP contribution in [0.15, 0.2) is 103 Å². The maximum atomic E-state index is 12.3. The number of fused-ring (bicyclic) bond motifs is 1. The van der Waals surface area contributed by atoms with Gasteiger partial charge in [-0.05, 0) is 71.0 Å². The number of benzene rings is 4. The summed E-state index contributed by atoms with van der Waals surface area (Å²) in [5.74, 6) is 1.18. The van der Waals surface area contributed by atoms with Crippen LogP contribution in [0.4, 0.5) is 5.69 Å². The number of carbonyl (C=O) groups is 1. The molecule has 4 rings (SSSR count). The van der Waals surface area contributed by atoms with Crippen molar-refractivity contribution in [3.05, 3.63) is 109 Å². The monoisotopic (exact) mass is 424 g/mol. The summed E-state index contributed by atoms with van der Waals surface area (Å²) in [6, 6.07) is 30.9. The average molecular weight is 425 g/mol. The predicted molar refractivity (Wildman–Crippen MR) is 130 cm³/mol. The molecule has 0 aliphatic heterocycles. The number of rotatable bonds is 5. The fraction of sp³-hybridized carbons (Fsp3) is 0. The molecule has 0 saturated carbocycles. The number of para-hydroxylation sites is 1. The molecule has 0 aromatic heterocycles. The second-order valence-corrected chi connectivity index (χ2v) is 7.19. The van der Waals surface area contributed by atoms with E-state index in [2.05, 4.69) is 10.6 Å². The molecule has 0 atom stereocenters. The molecule has 0 aliphatic carbocycles. The van der Waals surface area contributed by atoms with Crippen LogP contribution in [0.5, 0.6) is 11.5 Å². The Morgan fingerprint density at radius 2 is 1.45 bits per heavy atom. The Bertz CT molecular complexity index is 1230. The molecule has 0 spiro atoms. The van der Waals surface area contributed by atoms with Crippen LogP contribution >= 0.6 is 12.2 Å². The van der Waals surface area contributed by atoms with E-state index in [1.807, 2.05) is 97.1 Å². The van der Waals surface area contributed by atoms with Gasteiger partial charge in [0.1, 0.15) is 11.5 Å². The molecular weight excluding hydrogens is 404 g/mol. The van der Waals surface area contributed by atoms with Crippen LogP contribution in [0.2, 0.25) is 0 Å². The van der Waals surface area contributed by atoms with Gasteiger partial charge in [-0.25, -0.2) is 0 Å². The molecule has 0 heterocycles. The van der Waals surface area contributed by atoms with Gasteiger partial charge in [0.25, 0.3) is 0 Å². The second kappa shape index (κ2) is 9.69. The standard InChI is InChI=1S/C26H20N2O2S/c29-25(18-13-20-9-6-8-19-7-4-5-12-24(19)20)28-26(31)27-21-14-16-23(17-15-21)30-22-10-2-1-3-11-22/h1-18H,(H2,27,28,29,31)/b18-13+. The Morgan fingerprint density at radius 1 is 0.774 bits per heavy atom. The molecule has 152 valence electrons. The smallest absolute Gasteiger partial charge is 0.250 e. The normalized spacial score (nSPS) is 10.7. The first-order chi connectivity index (χ1) is 15.2. The van der Waals surface area contributed by atoms with Gasteiger partial charge in [0.15, 0.2) is 5.11 Å². The zero-order valence-electron chi connectivity index (χ0n) is 16.6. The zero-order chi connectivity index (χ0) is 21.5. The SMILES string of the molecule is O=C(/C=C/c1cccc2ccccc12)NC(=S)Nc1ccc(Oc2ccccc2)cc1. The van der Waals surface area contributed by atoms with Crippen LogP contribution in [-0.4, -0.2) is 11.0 Å². The molecule has 4 aromatic carbocycles. The van der Waals surface area contributed by atoms with Crippen molar-refractivity contribution >= 4 is 45.8 Å². The number of ether oxygens (including phenoxy) is 1. The summed E-state index contributed by atoms with van der Waals surface area (Å²) in [4.78, 5) is 12.3. The summed E-state index contributed by atoms with van der Waals surface area (Å²) in [6.45, 7) is 0. The van der Waals surface area contributed by atoms with Gasteiger partial charge in [-0.3, -0.25) is 10.1 Å². The molecule has 5 heteroatoms. The highest BCUT2D eigenvalue weighted by Crippen LogP contribution is 2.22. The molecule has 0 bridgehead atoms. The van der Waals surface area contributed by atoms with Crippen molar-refractivity contribution in [1.29, 1.82) is 0 Å². The molecule has 0 unspecified atom stereocenters. The summed E-state index contributed by atoms with van der Waals surface area (Å²) < 4.78 is 5.77. The van der Waals surface area contributed by atoms with Gasteiger partial charge < -0.3 is 10.1 Å². The minimum absolute atomic E-state index is 0.226. The van der Waals surface area contributed by atoms with E-state index in [9.17, 15) is 4.79 Å². The third-order valence-corrected chi connectivity index (χ3v) is 4.77. The van der Waals surface area contributed by atoms with Crippen molar-refractivity contribution in [3.63, 3.8) is 0 Å². The molecule has 4 aromatic rings. The Balaban J connectivity index is 1.33. The highest BCUT2D eigenvalue weighted by molar-refractivity contribution is 7.80. The summed E-state index contributed by atoms with van der Waals surface area (Å²) in [7, 11) is 0. The van der Waals surface area contributed by atoms with Crippen molar-refractivity contribution in [2.24, 2.45) is 0 Å². The lowest BCUT2D eigenvalue weighted by Gasteiger charge is -2.10. The topological polar surface area (TPSA) is 50.4 Å². The minimum atomic E-state index is -0.297. The summed E-state index contributed by atoms with van der Waals surface area (Å²) >= 11 is 5.25. The Hall–Kier alpha value is -3.96. The Kier molecular flexibility index (Phi) is 6.35. The molecular formula is C26H20N2O2S. The maximum absolute atomic E-state index is 12.3. The number of carbonyl (C=O) groups excluding carboxylic acids is 1. The number of amides is 1. The van der Waals surface area contributed by atoms with E-state index in [0.29, 0.717) is 5.75 Å². The van der Waals surface area contributed by atoms with Gasteiger partial charge in [-0.15, -0.1) is 0 Å². The van der Waals surface area contributed by atoms with Crippen molar-refractivity contribution in [3.8, 4) is 11.5 Å². The van der Waals surface area contributed by atoms with Crippen molar-refractivity contribution in [2.75, 3.05) is 5.32 Å². The first kappa shape index (κ1) is 20.3. The largest absolute Gasteiger partial charge is 0.457 e. The first-order valence-electron chi connectivity index (χ1n) is 9.78. The van der Waals surface area contributed by atoms with E-state index < -0.39 is 0 Å². The maximum Gasteiger partial charge on any atom is 0.250 e. The van der Waals surface area contributed by atoms with Crippen molar-refractivity contribution < 1.29 is 9.53 Å². The fourth-order valence-electron chi connectivity index (χ4n) is 3.11. The van der Waals surface area contributed by atoms with Crippen molar-refractivity contribution in [2.45, 2.75) is 0 Å². The summed E-state index contributed by atoms with van der Waals surface area (Å²) in [5.41, 5.74) is 1.73. The number of anilines is 1. The number of nitrogens with one attached hydrogen (secondary N) is 2. The van der Waals surface area contributed by atoms with Gasteiger partial charge in [0.2, 0.25) is 5.91 Å². The minimum Gasteiger partial charge on any atom is -0.457 e. The van der Waals surface area contributed by atoms with E-state index in [0.717, 1.165) is 27.8 Å². The molecule has 1 amide bonds. The Labute approximate surface area is 186 Å². The van der Waals surface area contributed by atoms with Crippen LogP contribution in [0.1, 0.15) is 5.56 Å². The third kappa shape index (κ3) is 5.56. The lowest BCUT2D eigenvalue weighted by Crippen LogP contribution is -2.32. The van der Waals surface area contributed by atoms with Gasteiger partial charge in [0.05, 0.1) is 0 Å². The van der Waals surface area contributed by atoms with Crippen molar-refractivity contribution in [1.82, 2.24) is 5.32 Å². The van der Waals surface area contributed by atoms with E-state index in [1.54, 1.807) is 6.08 Å². The highest BCUT2D eigenvalue weighted by atomic mass is 32.1. The lowest BCUT2D eigenvalue weighted by atomic mass is 10.0. The predicted octanol–water partition coefficient (Wildman–Crippen LogP) is 6.16. The number of thiocarbonyl (C=S) groups is 1. The van der Waals surface area contributed by atoms with Gasteiger partial charge in [-0.2, -0.15) is 0 Å². The van der Waals surface area contributed by atoms with E-state index >= 15 is 0 Å². The molecule has 2 N–H and O–H groups in total. The number of hydrogen-bond acceptors (Lipinski definition) is 3. The van der Waals surface area contributed by atoms with E-state index in [-0.39, 0.29) is 11.0 Å². The Morgan fingerprint density at radius 3 is 2.26 bits per heavy atom. The molecule has 0 fully saturated rings. The van der Waals surface area contributed by atoms with Crippen LogP contribution in [-0.2, 0) is 4.79 Å². The van der Waals surface area contributed by atoms with E-state index in [4.69, 9.17) is 17.0 Å². The van der Waals surface area contributed by atoms with Gasteiger partial charge >= 0.3 is 0 Å². The first-order valence-corrected chi connectivity index (χ1v) is 10.2.